The van der Waals surface area contributed by atoms with Crippen LogP contribution >= 0.6 is 12.4 Å². The van der Waals surface area contributed by atoms with Crippen LogP contribution in [0.4, 0.5) is 0 Å². The average molecular weight is 339 g/mol. The van der Waals surface area contributed by atoms with Crippen LogP contribution in [-0.2, 0) is 10.0 Å². The first-order valence-corrected chi connectivity index (χ1v) is 8.46. The fourth-order valence-corrected chi connectivity index (χ4v) is 3.83. The first kappa shape index (κ1) is 17.0. The summed E-state index contributed by atoms with van der Waals surface area (Å²) in [5, 5.41) is 0. The summed E-state index contributed by atoms with van der Waals surface area (Å²) in [6.07, 6.45) is 1.41. The van der Waals surface area contributed by atoms with Crippen molar-refractivity contribution in [3.05, 3.63) is 54.6 Å². The topological polar surface area (TPSA) is 72.2 Å². The number of hydrogen-bond acceptors (Lipinski definition) is 3. The second-order valence-electron chi connectivity index (χ2n) is 5.44. The Bertz CT molecular complexity index is 729. The van der Waals surface area contributed by atoms with E-state index in [4.69, 9.17) is 5.73 Å². The lowest BCUT2D eigenvalue weighted by Crippen LogP contribution is -2.50. The van der Waals surface area contributed by atoms with E-state index in [9.17, 15) is 8.42 Å². The second kappa shape index (κ2) is 6.79. The zero-order valence-corrected chi connectivity index (χ0v) is 13.6. The third-order valence-electron chi connectivity index (χ3n) is 3.75. The van der Waals surface area contributed by atoms with Gasteiger partial charge in [0.2, 0.25) is 10.0 Å². The van der Waals surface area contributed by atoms with Gasteiger partial charge in [-0.05, 0) is 36.1 Å². The molecule has 1 aliphatic rings. The summed E-state index contributed by atoms with van der Waals surface area (Å²) in [7, 11) is -3.48. The molecule has 1 aliphatic carbocycles. The van der Waals surface area contributed by atoms with Gasteiger partial charge >= 0.3 is 0 Å². The Morgan fingerprint density at radius 1 is 0.955 bits per heavy atom. The predicted molar refractivity (Wildman–Crippen MR) is 90.4 cm³/mol. The number of nitrogens with two attached hydrogens (primary N) is 1. The van der Waals surface area contributed by atoms with E-state index in [1.165, 1.54) is 0 Å². The van der Waals surface area contributed by atoms with Gasteiger partial charge in [-0.15, -0.1) is 12.4 Å². The van der Waals surface area contributed by atoms with Gasteiger partial charge in [0, 0.05) is 12.1 Å². The van der Waals surface area contributed by atoms with Gasteiger partial charge in [-0.3, -0.25) is 0 Å². The standard InChI is InChI=1S/C16H18N2O2S.ClH/c17-14-10-15(11-14)18-21(19,20)16-8-4-7-13(9-16)12-5-2-1-3-6-12;/h1-9,14-15,18H,10-11,17H2;1H. The molecule has 1 fully saturated rings. The molecular formula is C16H19ClN2O2S. The molecule has 3 N–H and O–H groups in total. The Balaban J connectivity index is 0.00000176. The van der Waals surface area contributed by atoms with E-state index in [-0.39, 0.29) is 24.5 Å². The number of halogens is 1. The Morgan fingerprint density at radius 2 is 1.59 bits per heavy atom. The maximum absolute atomic E-state index is 12.4. The van der Waals surface area contributed by atoms with Crippen LogP contribution in [0.1, 0.15) is 12.8 Å². The minimum Gasteiger partial charge on any atom is -0.328 e. The summed E-state index contributed by atoms with van der Waals surface area (Å²) in [5.41, 5.74) is 7.58. The van der Waals surface area contributed by atoms with Crippen molar-refractivity contribution in [2.24, 2.45) is 5.73 Å². The Labute approximate surface area is 137 Å². The van der Waals surface area contributed by atoms with Crippen LogP contribution in [0.2, 0.25) is 0 Å². The van der Waals surface area contributed by atoms with Crippen molar-refractivity contribution in [1.82, 2.24) is 4.72 Å². The van der Waals surface area contributed by atoms with E-state index in [0.717, 1.165) is 11.1 Å². The van der Waals surface area contributed by atoms with Gasteiger partial charge in [0.05, 0.1) is 4.90 Å². The highest BCUT2D eigenvalue weighted by Gasteiger charge is 2.30. The second-order valence-corrected chi connectivity index (χ2v) is 7.16. The molecule has 0 spiro atoms. The number of rotatable bonds is 4. The van der Waals surface area contributed by atoms with Gasteiger partial charge in [-0.1, -0.05) is 42.5 Å². The van der Waals surface area contributed by atoms with Crippen molar-refractivity contribution < 1.29 is 8.42 Å². The summed E-state index contributed by atoms with van der Waals surface area (Å²) >= 11 is 0. The monoisotopic (exact) mass is 338 g/mol. The zero-order valence-electron chi connectivity index (χ0n) is 12.0. The van der Waals surface area contributed by atoms with Gasteiger partial charge in [-0.2, -0.15) is 0 Å². The highest BCUT2D eigenvalue weighted by atomic mass is 35.5. The smallest absolute Gasteiger partial charge is 0.240 e. The highest BCUT2D eigenvalue weighted by Crippen LogP contribution is 2.24. The third-order valence-corrected chi connectivity index (χ3v) is 5.27. The van der Waals surface area contributed by atoms with Crippen LogP contribution in [0.15, 0.2) is 59.5 Å². The molecule has 0 atom stereocenters. The summed E-state index contributed by atoms with van der Waals surface area (Å²) in [4.78, 5) is 0.296. The van der Waals surface area contributed by atoms with Crippen LogP contribution < -0.4 is 10.5 Å². The minimum atomic E-state index is -3.48. The van der Waals surface area contributed by atoms with Crippen LogP contribution in [0.25, 0.3) is 11.1 Å². The van der Waals surface area contributed by atoms with Crippen molar-refractivity contribution in [2.75, 3.05) is 0 Å². The quantitative estimate of drug-likeness (QED) is 0.899. The van der Waals surface area contributed by atoms with Gasteiger partial charge in [0.25, 0.3) is 0 Å². The molecule has 22 heavy (non-hydrogen) atoms. The summed E-state index contributed by atoms with van der Waals surface area (Å²) < 4.78 is 27.5. The molecule has 0 amide bonds. The summed E-state index contributed by atoms with van der Waals surface area (Å²) in [5.74, 6) is 0. The lowest BCUT2D eigenvalue weighted by molar-refractivity contribution is 0.327. The molecule has 0 saturated heterocycles. The van der Waals surface area contributed by atoms with Gasteiger partial charge in [-0.25, -0.2) is 13.1 Å². The van der Waals surface area contributed by atoms with E-state index in [1.807, 2.05) is 36.4 Å². The SMILES string of the molecule is Cl.NC1CC(NS(=O)(=O)c2cccc(-c3ccccc3)c2)C1. The Kier molecular flexibility index (Phi) is 5.24. The largest absolute Gasteiger partial charge is 0.328 e. The lowest BCUT2D eigenvalue weighted by atomic mass is 9.89. The molecule has 0 radical (unpaired) electrons. The maximum Gasteiger partial charge on any atom is 0.240 e. The van der Waals surface area contributed by atoms with Crippen LogP contribution in [-0.4, -0.2) is 20.5 Å². The van der Waals surface area contributed by atoms with Crippen molar-refractivity contribution in [2.45, 2.75) is 29.8 Å². The van der Waals surface area contributed by atoms with E-state index in [0.29, 0.717) is 17.7 Å². The van der Waals surface area contributed by atoms with Gasteiger partial charge < -0.3 is 5.73 Å². The first-order valence-electron chi connectivity index (χ1n) is 6.98. The molecule has 0 heterocycles. The Morgan fingerprint density at radius 3 is 2.23 bits per heavy atom. The van der Waals surface area contributed by atoms with Crippen LogP contribution in [0.3, 0.4) is 0 Å². The van der Waals surface area contributed by atoms with Crippen molar-refractivity contribution in [3.63, 3.8) is 0 Å². The van der Waals surface area contributed by atoms with Crippen molar-refractivity contribution in [1.29, 1.82) is 0 Å². The molecule has 4 nitrogen and oxygen atoms in total. The van der Waals surface area contributed by atoms with E-state index in [1.54, 1.807) is 18.2 Å². The van der Waals surface area contributed by atoms with E-state index in [2.05, 4.69) is 4.72 Å². The molecule has 0 aliphatic heterocycles. The number of hydrogen-bond donors (Lipinski definition) is 2. The predicted octanol–water partition coefficient (Wildman–Crippen LogP) is 2.54. The number of sulfonamides is 1. The van der Waals surface area contributed by atoms with Crippen LogP contribution in [0, 0.1) is 0 Å². The van der Waals surface area contributed by atoms with Crippen molar-refractivity contribution >= 4 is 22.4 Å². The highest BCUT2D eigenvalue weighted by molar-refractivity contribution is 7.89. The van der Waals surface area contributed by atoms with E-state index >= 15 is 0 Å². The molecule has 0 bridgehead atoms. The molecule has 0 unspecified atom stereocenters. The minimum absolute atomic E-state index is 0. The normalized spacial score (nSPS) is 20.8. The fraction of sp³-hybridized carbons (Fsp3) is 0.250. The molecule has 118 valence electrons. The summed E-state index contributed by atoms with van der Waals surface area (Å²) in [6.45, 7) is 0. The molecule has 2 aromatic rings. The number of benzene rings is 2. The van der Waals surface area contributed by atoms with E-state index < -0.39 is 10.0 Å². The molecule has 2 aromatic carbocycles. The molecule has 1 saturated carbocycles. The summed E-state index contributed by atoms with van der Waals surface area (Å²) in [6, 6.07) is 16.8. The lowest BCUT2D eigenvalue weighted by Gasteiger charge is -2.32. The van der Waals surface area contributed by atoms with Crippen LogP contribution in [0.5, 0.6) is 0 Å². The molecule has 3 rings (SSSR count). The molecule has 6 heteroatoms. The molecule has 0 aromatic heterocycles. The van der Waals surface area contributed by atoms with Gasteiger partial charge in [0.1, 0.15) is 0 Å². The Hall–Kier alpha value is -1.40. The average Bonchev–Trinajstić information content (AvgIpc) is 2.47. The zero-order chi connectivity index (χ0) is 14.9. The fourth-order valence-electron chi connectivity index (χ4n) is 2.52. The maximum atomic E-state index is 12.4. The van der Waals surface area contributed by atoms with Crippen molar-refractivity contribution in [3.8, 4) is 11.1 Å². The van der Waals surface area contributed by atoms with Gasteiger partial charge in [0.15, 0.2) is 0 Å². The molecular weight excluding hydrogens is 320 g/mol. The first-order chi connectivity index (χ1) is 10.0. The third kappa shape index (κ3) is 3.67. The number of nitrogens with one attached hydrogen (secondary N) is 1.